The second-order valence-electron chi connectivity index (χ2n) is 4.51. The predicted molar refractivity (Wildman–Crippen MR) is 78.6 cm³/mol. The molecule has 1 heteroatoms. The van der Waals surface area contributed by atoms with E-state index in [9.17, 15) is 5.11 Å². The van der Waals surface area contributed by atoms with E-state index in [-0.39, 0.29) is 6.61 Å². The minimum Gasteiger partial charge on any atom is -0.392 e. The fourth-order valence-electron chi connectivity index (χ4n) is 2.30. The summed E-state index contributed by atoms with van der Waals surface area (Å²) in [7, 11) is 0. The summed E-state index contributed by atoms with van der Waals surface area (Å²) in [6, 6.07) is 10.5. The zero-order valence-electron chi connectivity index (χ0n) is 11.1. The molecule has 0 saturated heterocycles. The first-order valence-corrected chi connectivity index (χ1v) is 6.62. The molecule has 94 valence electrons. The summed E-state index contributed by atoms with van der Waals surface area (Å²) in [5, 5.41) is 11.8. The second-order valence-corrected chi connectivity index (χ2v) is 4.51. The molecule has 0 bridgehead atoms. The van der Waals surface area contributed by atoms with Crippen molar-refractivity contribution in [2.45, 2.75) is 33.3 Å². The molecule has 0 saturated carbocycles. The Hall–Kier alpha value is -1.60. The lowest BCUT2D eigenvalue weighted by Crippen LogP contribution is -1.91. The summed E-state index contributed by atoms with van der Waals surface area (Å²) in [6.45, 7) is 4.42. The van der Waals surface area contributed by atoms with Crippen molar-refractivity contribution >= 4 is 16.8 Å². The number of hydrogen-bond donors (Lipinski definition) is 1. The summed E-state index contributed by atoms with van der Waals surface area (Å²) in [5.41, 5.74) is 3.64. The van der Waals surface area contributed by atoms with E-state index in [4.69, 9.17) is 0 Å². The lowest BCUT2D eigenvalue weighted by molar-refractivity contribution is 0.283. The van der Waals surface area contributed by atoms with Crippen LogP contribution < -0.4 is 0 Å². The number of benzene rings is 2. The molecule has 0 atom stereocenters. The van der Waals surface area contributed by atoms with E-state index in [1.165, 1.54) is 21.9 Å². The van der Waals surface area contributed by atoms with Gasteiger partial charge in [0.15, 0.2) is 0 Å². The monoisotopic (exact) mass is 240 g/mol. The van der Waals surface area contributed by atoms with Crippen LogP contribution in [0.15, 0.2) is 36.4 Å². The van der Waals surface area contributed by atoms with E-state index in [0.717, 1.165) is 18.4 Å². The Morgan fingerprint density at radius 2 is 1.94 bits per heavy atom. The summed E-state index contributed by atoms with van der Waals surface area (Å²) in [6.07, 6.45) is 6.46. The van der Waals surface area contributed by atoms with Crippen molar-refractivity contribution in [2.24, 2.45) is 0 Å². The number of allylic oxidation sites excluding steroid dienone is 1. The van der Waals surface area contributed by atoms with Gasteiger partial charge in [0.05, 0.1) is 6.61 Å². The maximum atomic E-state index is 9.40. The van der Waals surface area contributed by atoms with Crippen LogP contribution in [0.3, 0.4) is 0 Å². The highest BCUT2D eigenvalue weighted by molar-refractivity contribution is 5.88. The lowest BCUT2D eigenvalue weighted by Gasteiger charge is -2.09. The van der Waals surface area contributed by atoms with Gasteiger partial charge < -0.3 is 5.11 Å². The fraction of sp³-hybridized carbons (Fsp3) is 0.294. The van der Waals surface area contributed by atoms with Gasteiger partial charge in [-0.1, -0.05) is 50.3 Å². The van der Waals surface area contributed by atoms with E-state index in [1.807, 2.05) is 12.1 Å². The molecular weight excluding hydrogens is 220 g/mol. The van der Waals surface area contributed by atoms with Crippen LogP contribution in [0.4, 0.5) is 0 Å². The zero-order chi connectivity index (χ0) is 13.0. The summed E-state index contributed by atoms with van der Waals surface area (Å²) < 4.78 is 0. The maximum Gasteiger partial charge on any atom is 0.0687 e. The quantitative estimate of drug-likeness (QED) is 0.844. The third-order valence-corrected chi connectivity index (χ3v) is 3.31. The van der Waals surface area contributed by atoms with Crippen molar-refractivity contribution in [3.8, 4) is 0 Å². The molecule has 0 aliphatic heterocycles. The molecule has 0 fully saturated rings. The van der Waals surface area contributed by atoms with Gasteiger partial charge in [0.2, 0.25) is 0 Å². The first-order valence-electron chi connectivity index (χ1n) is 6.62. The van der Waals surface area contributed by atoms with E-state index < -0.39 is 0 Å². The summed E-state index contributed by atoms with van der Waals surface area (Å²) >= 11 is 0. The van der Waals surface area contributed by atoms with Gasteiger partial charge in [-0.3, -0.25) is 0 Å². The molecule has 0 heterocycles. The minimum atomic E-state index is 0.102. The molecule has 0 aliphatic carbocycles. The molecule has 2 rings (SSSR count). The molecule has 0 unspecified atom stereocenters. The molecule has 2 aromatic carbocycles. The van der Waals surface area contributed by atoms with Crippen LogP contribution in [-0.2, 0) is 13.0 Å². The summed E-state index contributed by atoms with van der Waals surface area (Å²) in [5.74, 6) is 0. The minimum absolute atomic E-state index is 0.102. The van der Waals surface area contributed by atoms with Crippen LogP contribution in [0.1, 0.15) is 37.0 Å². The second kappa shape index (κ2) is 5.83. The molecular formula is C17H20O. The number of rotatable bonds is 4. The first kappa shape index (κ1) is 12.8. The standard InChI is InChI=1S/C17H20O/c1-3-5-7-14-10-15-8-6-9-16(12-18)17(15)11-13(14)4-2/h5-11,18H,3-4,12H2,1-2H3/b7-5-. The largest absolute Gasteiger partial charge is 0.392 e. The summed E-state index contributed by atoms with van der Waals surface area (Å²) in [4.78, 5) is 0. The topological polar surface area (TPSA) is 20.2 Å². The van der Waals surface area contributed by atoms with Gasteiger partial charge in [0.1, 0.15) is 0 Å². The number of aliphatic hydroxyl groups excluding tert-OH is 1. The van der Waals surface area contributed by atoms with Crippen molar-refractivity contribution in [3.63, 3.8) is 0 Å². The van der Waals surface area contributed by atoms with Crippen LogP contribution in [-0.4, -0.2) is 5.11 Å². The predicted octanol–water partition coefficient (Wildman–Crippen LogP) is 4.32. The highest BCUT2D eigenvalue weighted by atomic mass is 16.3. The smallest absolute Gasteiger partial charge is 0.0687 e. The van der Waals surface area contributed by atoms with Crippen molar-refractivity contribution in [1.29, 1.82) is 0 Å². The molecule has 2 aromatic rings. The Morgan fingerprint density at radius 3 is 2.61 bits per heavy atom. The van der Waals surface area contributed by atoms with Crippen LogP contribution in [0.2, 0.25) is 0 Å². The van der Waals surface area contributed by atoms with Crippen molar-refractivity contribution in [3.05, 3.63) is 53.1 Å². The number of aryl methyl sites for hydroxylation is 1. The Kier molecular flexibility index (Phi) is 4.16. The lowest BCUT2D eigenvalue weighted by atomic mass is 9.96. The molecule has 1 nitrogen and oxygen atoms in total. The van der Waals surface area contributed by atoms with E-state index in [1.54, 1.807) is 0 Å². The Labute approximate surface area is 109 Å². The number of aliphatic hydroxyl groups is 1. The molecule has 0 aliphatic rings. The average Bonchev–Trinajstić information content (AvgIpc) is 2.43. The van der Waals surface area contributed by atoms with Crippen LogP contribution in [0.25, 0.3) is 16.8 Å². The first-order chi connectivity index (χ1) is 8.80. The van der Waals surface area contributed by atoms with Gasteiger partial charge in [0, 0.05) is 0 Å². The van der Waals surface area contributed by atoms with Crippen LogP contribution in [0, 0.1) is 0 Å². The van der Waals surface area contributed by atoms with Gasteiger partial charge in [-0.2, -0.15) is 0 Å². The molecule has 0 spiro atoms. The number of hydrogen-bond acceptors (Lipinski definition) is 1. The van der Waals surface area contributed by atoms with Crippen molar-refractivity contribution < 1.29 is 5.11 Å². The molecule has 18 heavy (non-hydrogen) atoms. The maximum absolute atomic E-state index is 9.40. The van der Waals surface area contributed by atoms with Crippen molar-refractivity contribution in [1.82, 2.24) is 0 Å². The highest BCUT2D eigenvalue weighted by Gasteiger charge is 2.04. The molecule has 0 aromatic heterocycles. The third kappa shape index (κ3) is 2.46. The van der Waals surface area contributed by atoms with Crippen molar-refractivity contribution in [2.75, 3.05) is 0 Å². The Balaban J connectivity index is 2.64. The molecule has 1 N–H and O–H groups in total. The van der Waals surface area contributed by atoms with Gasteiger partial charge in [-0.15, -0.1) is 0 Å². The van der Waals surface area contributed by atoms with Gasteiger partial charge in [0.25, 0.3) is 0 Å². The van der Waals surface area contributed by atoms with E-state index in [0.29, 0.717) is 0 Å². The van der Waals surface area contributed by atoms with Crippen LogP contribution >= 0.6 is 0 Å². The van der Waals surface area contributed by atoms with E-state index >= 15 is 0 Å². The fourth-order valence-corrected chi connectivity index (χ4v) is 2.30. The third-order valence-electron chi connectivity index (χ3n) is 3.31. The Morgan fingerprint density at radius 1 is 1.11 bits per heavy atom. The highest BCUT2D eigenvalue weighted by Crippen LogP contribution is 2.25. The SMILES string of the molecule is CC/C=C\c1cc2cccc(CO)c2cc1CC. The normalized spacial score (nSPS) is 11.5. The van der Waals surface area contributed by atoms with Gasteiger partial charge in [-0.05, 0) is 46.4 Å². The van der Waals surface area contributed by atoms with Gasteiger partial charge in [-0.25, -0.2) is 0 Å². The van der Waals surface area contributed by atoms with Gasteiger partial charge >= 0.3 is 0 Å². The average molecular weight is 240 g/mol. The molecule has 0 radical (unpaired) electrons. The Bertz CT molecular complexity index is 567. The molecule has 0 amide bonds. The zero-order valence-corrected chi connectivity index (χ0v) is 11.1. The van der Waals surface area contributed by atoms with Crippen LogP contribution in [0.5, 0.6) is 0 Å². The number of fused-ring (bicyclic) bond motifs is 1. The van der Waals surface area contributed by atoms with E-state index in [2.05, 4.69) is 44.2 Å².